The number of urea groups is 1. The summed E-state index contributed by atoms with van der Waals surface area (Å²) >= 11 is 17.8. The first kappa shape index (κ1) is 21.5. The predicted molar refractivity (Wildman–Crippen MR) is 104 cm³/mol. The van der Waals surface area contributed by atoms with Gasteiger partial charge in [-0.2, -0.15) is 0 Å². The Kier molecular flexibility index (Phi) is 6.90. The molecule has 0 saturated heterocycles. The topological polar surface area (TPSA) is 120 Å². The quantitative estimate of drug-likeness (QED) is 0.512. The average Bonchev–Trinajstić information content (AvgIpc) is 2.61. The third-order valence-electron chi connectivity index (χ3n) is 3.43. The number of nitro benzene ring substituents is 1. The van der Waals surface area contributed by atoms with Crippen LogP contribution < -0.4 is 20.1 Å². The molecule has 0 aliphatic carbocycles. The number of non-ortho nitro benzene ring substituents is 1. The van der Waals surface area contributed by atoms with E-state index in [-0.39, 0.29) is 37.8 Å². The van der Waals surface area contributed by atoms with Gasteiger partial charge in [0.15, 0.2) is 5.75 Å². The third kappa shape index (κ3) is 4.56. The molecule has 0 fully saturated rings. The maximum absolute atomic E-state index is 12.3. The van der Waals surface area contributed by atoms with E-state index in [2.05, 4.69) is 5.32 Å². The number of rotatable bonds is 5. The van der Waals surface area contributed by atoms with Crippen molar-refractivity contribution in [2.24, 2.45) is 0 Å². The second-order valence-electron chi connectivity index (χ2n) is 5.11. The largest absolute Gasteiger partial charge is 0.494 e. The molecule has 0 atom stereocenters. The number of carbonyl (C=O) groups excluding carboxylic acids is 2. The van der Waals surface area contributed by atoms with Gasteiger partial charge < -0.3 is 14.8 Å². The molecule has 0 aliphatic heterocycles. The molecule has 28 heavy (non-hydrogen) atoms. The summed E-state index contributed by atoms with van der Waals surface area (Å²) in [6.45, 7) is 0. The summed E-state index contributed by atoms with van der Waals surface area (Å²) in [5.41, 5.74) is -0.609. The van der Waals surface area contributed by atoms with Crippen LogP contribution in [0.5, 0.6) is 11.5 Å². The summed E-state index contributed by atoms with van der Waals surface area (Å²) in [5.74, 6) is -0.618. The molecule has 12 heteroatoms. The molecular formula is C16H12Cl3N3O6. The van der Waals surface area contributed by atoms with Gasteiger partial charge in [0.2, 0.25) is 0 Å². The van der Waals surface area contributed by atoms with Crippen LogP contribution in [-0.2, 0) is 0 Å². The molecule has 3 amide bonds. The molecule has 0 heterocycles. The summed E-state index contributed by atoms with van der Waals surface area (Å²) in [5, 5.41) is 14.8. The molecular weight excluding hydrogens is 437 g/mol. The van der Waals surface area contributed by atoms with Crippen molar-refractivity contribution in [2.45, 2.75) is 0 Å². The van der Waals surface area contributed by atoms with E-state index in [1.165, 1.54) is 26.4 Å². The summed E-state index contributed by atoms with van der Waals surface area (Å²) in [7, 11) is 2.71. The van der Waals surface area contributed by atoms with Crippen LogP contribution in [-0.4, -0.2) is 31.1 Å². The Labute approximate surface area is 173 Å². The SMILES string of the molecule is COc1ccc(Cl)c(OC)c1NC(=O)NC(=O)c1c(Cl)cc([N+](=O)[O-])cc1Cl. The average molecular weight is 449 g/mol. The van der Waals surface area contributed by atoms with Gasteiger partial charge >= 0.3 is 6.03 Å². The molecule has 0 bridgehead atoms. The zero-order valence-corrected chi connectivity index (χ0v) is 16.6. The van der Waals surface area contributed by atoms with Crippen LogP contribution in [0.25, 0.3) is 0 Å². The maximum atomic E-state index is 12.3. The fourth-order valence-electron chi connectivity index (χ4n) is 2.22. The number of imide groups is 1. The molecule has 0 spiro atoms. The molecule has 0 saturated carbocycles. The molecule has 0 unspecified atom stereocenters. The second kappa shape index (κ2) is 8.96. The zero-order chi connectivity index (χ0) is 21.0. The van der Waals surface area contributed by atoms with Crippen molar-refractivity contribution in [1.29, 1.82) is 0 Å². The van der Waals surface area contributed by atoms with Crippen LogP contribution in [0.4, 0.5) is 16.2 Å². The molecule has 2 aromatic rings. The monoisotopic (exact) mass is 447 g/mol. The Bertz CT molecular complexity index is 944. The Hall–Kier alpha value is -2.75. The van der Waals surface area contributed by atoms with E-state index >= 15 is 0 Å². The fraction of sp³-hybridized carbons (Fsp3) is 0.125. The number of nitrogens with zero attached hydrogens (tertiary/aromatic N) is 1. The standard InChI is InChI=1S/C16H12Cl3N3O6/c1-27-11-4-3-8(17)14(28-2)13(11)20-16(24)21-15(23)12-9(18)5-7(22(25)26)6-10(12)19/h3-6H,1-2H3,(H2,20,21,23,24). The van der Waals surface area contributed by atoms with E-state index in [9.17, 15) is 19.7 Å². The number of carbonyl (C=O) groups is 2. The van der Waals surface area contributed by atoms with Gasteiger partial charge in [-0.3, -0.25) is 20.2 Å². The number of hydrogen-bond donors (Lipinski definition) is 2. The molecule has 148 valence electrons. The van der Waals surface area contributed by atoms with Crippen LogP contribution in [0.3, 0.4) is 0 Å². The highest BCUT2D eigenvalue weighted by Gasteiger charge is 2.23. The number of ether oxygens (including phenoxy) is 2. The Morgan fingerprint density at radius 3 is 2.14 bits per heavy atom. The Balaban J connectivity index is 2.27. The van der Waals surface area contributed by atoms with Crippen molar-refractivity contribution >= 4 is 58.1 Å². The summed E-state index contributed by atoms with van der Waals surface area (Å²) in [4.78, 5) is 34.7. The zero-order valence-electron chi connectivity index (χ0n) is 14.3. The van der Waals surface area contributed by atoms with Crippen LogP contribution in [0, 0.1) is 10.1 Å². The number of halogens is 3. The van der Waals surface area contributed by atoms with Crippen molar-refractivity contribution in [2.75, 3.05) is 19.5 Å². The lowest BCUT2D eigenvalue weighted by Crippen LogP contribution is -2.35. The van der Waals surface area contributed by atoms with E-state index in [0.29, 0.717) is 0 Å². The highest BCUT2D eigenvalue weighted by Crippen LogP contribution is 2.40. The second-order valence-corrected chi connectivity index (χ2v) is 6.33. The van der Waals surface area contributed by atoms with Crippen molar-refractivity contribution in [3.05, 3.63) is 55.0 Å². The molecule has 2 aromatic carbocycles. The van der Waals surface area contributed by atoms with E-state index in [1.54, 1.807) is 0 Å². The lowest BCUT2D eigenvalue weighted by molar-refractivity contribution is -0.384. The maximum Gasteiger partial charge on any atom is 0.326 e. The first-order valence-corrected chi connectivity index (χ1v) is 8.49. The smallest absolute Gasteiger partial charge is 0.326 e. The van der Waals surface area contributed by atoms with Gasteiger partial charge in [-0.05, 0) is 12.1 Å². The van der Waals surface area contributed by atoms with Gasteiger partial charge in [-0.1, -0.05) is 34.8 Å². The van der Waals surface area contributed by atoms with Crippen LogP contribution in [0.1, 0.15) is 10.4 Å². The molecule has 0 radical (unpaired) electrons. The van der Waals surface area contributed by atoms with Crippen molar-refractivity contribution in [3.8, 4) is 11.5 Å². The van der Waals surface area contributed by atoms with E-state index in [1.807, 2.05) is 5.32 Å². The third-order valence-corrected chi connectivity index (χ3v) is 4.32. The number of benzene rings is 2. The van der Waals surface area contributed by atoms with Crippen LogP contribution >= 0.6 is 34.8 Å². The lowest BCUT2D eigenvalue weighted by Gasteiger charge is -2.15. The van der Waals surface area contributed by atoms with Gasteiger partial charge in [-0.25, -0.2) is 4.79 Å². The van der Waals surface area contributed by atoms with Crippen molar-refractivity contribution in [1.82, 2.24) is 5.32 Å². The minimum absolute atomic E-state index is 0.0868. The van der Waals surface area contributed by atoms with Gasteiger partial charge in [0.05, 0.1) is 39.8 Å². The molecule has 0 aromatic heterocycles. The van der Waals surface area contributed by atoms with Crippen LogP contribution in [0.2, 0.25) is 15.1 Å². The van der Waals surface area contributed by atoms with E-state index in [4.69, 9.17) is 44.3 Å². The predicted octanol–water partition coefficient (Wildman–Crippen LogP) is 4.53. The molecule has 2 N–H and O–H groups in total. The van der Waals surface area contributed by atoms with Gasteiger partial charge in [0.1, 0.15) is 11.4 Å². The van der Waals surface area contributed by atoms with Gasteiger partial charge in [0, 0.05) is 12.1 Å². The number of anilines is 1. The summed E-state index contributed by atoms with van der Waals surface area (Å²) < 4.78 is 10.3. The molecule has 0 aliphatic rings. The summed E-state index contributed by atoms with van der Waals surface area (Å²) in [6, 6.07) is 3.93. The Morgan fingerprint density at radius 2 is 1.64 bits per heavy atom. The number of hydrogen-bond acceptors (Lipinski definition) is 6. The Morgan fingerprint density at radius 1 is 1.04 bits per heavy atom. The first-order chi connectivity index (χ1) is 13.2. The highest BCUT2D eigenvalue weighted by molar-refractivity contribution is 6.40. The molecule has 9 nitrogen and oxygen atoms in total. The first-order valence-electron chi connectivity index (χ1n) is 7.35. The number of nitro groups is 1. The van der Waals surface area contributed by atoms with Gasteiger partial charge in [0.25, 0.3) is 11.6 Å². The minimum Gasteiger partial charge on any atom is -0.494 e. The van der Waals surface area contributed by atoms with Crippen molar-refractivity contribution < 1.29 is 24.0 Å². The van der Waals surface area contributed by atoms with Gasteiger partial charge in [-0.15, -0.1) is 0 Å². The molecule has 2 rings (SSSR count). The van der Waals surface area contributed by atoms with E-state index in [0.717, 1.165) is 12.1 Å². The number of methoxy groups -OCH3 is 2. The minimum atomic E-state index is -0.970. The summed E-state index contributed by atoms with van der Waals surface area (Å²) in [6.07, 6.45) is 0. The normalized spacial score (nSPS) is 10.2. The van der Waals surface area contributed by atoms with Crippen LogP contribution in [0.15, 0.2) is 24.3 Å². The highest BCUT2D eigenvalue weighted by atomic mass is 35.5. The van der Waals surface area contributed by atoms with Crippen molar-refractivity contribution in [3.63, 3.8) is 0 Å². The number of nitrogens with one attached hydrogen (secondary N) is 2. The fourth-order valence-corrected chi connectivity index (χ4v) is 3.10. The number of amides is 3. The lowest BCUT2D eigenvalue weighted by atomic mass is 10.2. The van der Waals surface area contributed by atoms with E-state index < -0.39 is 22.5 Å².